The first-order valence-corrected chi connectivity index (χ1v) is 24.1. The molecule has 0 rings (SSSR count). The number of esters is 3. The van der Waals surface area contributed by atoms with E-state index in [1.165, 1.54) is 44.9 Å². The molecule has 0 aliphatic carbocycles. The van der Waals surface area contributed by atoms with Gasteiger partial charge in [-0.15, -0.1) is 0 Å². The lowest BCUT2D eigenvalue weighted by molar-refractivity contribution is -0.167. The summed E-state index contributed by atoms with van der Waals surface area (Å²) < 4.78 is 16.7. The van der Waals surface area contributed by atoms with Crippen molar-refractivity contribution in [2.24, 2.45) is 0 Å². The minimum Gasteiger partial charge on any atom is -0.462 e. The highest BCUT2D eigenvalue weighted by Gasteiger charge is 2.19. The topological polar surface area (TPSA) is 78.9 Å². The molecule has 0 fully saturated rings. The molecule has 6 heteroatoms. The number of hydrogen-bond acceptors (Lipinski definition) is 6. The van der Waals surface area contributed by atoms with E-state index in [-0.39, 0.29) is 31.1 Å². The third kappa shape index (κ3) is 45.5. The zero-order valence-corrected chi connectivity index (χ0v) is 38.2. The molecule has 6 nitrogen and oxygen atoms in total. The van der Waals surface area contributed by atoms with Crippen LogP contribution in [0.2, 0.25) is 0 Å². The van der Waals surface area contributed by atoms with Crippen LogP contribution in [0.5, 0.6) is 0 Å². The van der Waals surface area contributed by atoms with Crippen molar-refractivity contribution in [1.29, 1.82) is 0 Å². The molecule has 0 radical (unpaired) electrons. The molecule has 59 heavy (non-hydrogen) atoms. The van der Waals surface area contributed by atoms with Crippen molar-refractivity contribution in [3.05, 3.63) is 85.1 Å². The number of rotatable bonds is 42. The van der Waals surface area contributed by atoms with Crippen LogP contribution in [-0.2, 0) is 28.6 Å². The highest BCUT2D eigenvalue weighted by molar-refractivity contribution is 5.71. The Balaban J connectivity index is 4.42. The number of allylic oxidation sites excluding steroid dienone is 14. The van der Waals surface area contributed by atoms with Gasteiger partial charge < -0.3 is 14.2 Å². The molecule has 0 aliphatic heterocycles. The minimum atomic E-state index is -0.794. The Morgan fingerprint density at radius 3 is 1.05 bits per heavy atom. The second kappa shape index (κ2) is 47.3. The maximum Gasteiger partial charge on any atom is 0.306 e. The first-order chi connectivity index (χ1) is 29.0. The minimum absolute atomic E-state index is 0.0926. The molecule has 0 saturated carbocycles. The summed E-state index contributed by atoms with van der Waals surface area (Å²) >= 11 is 0. The standard InChI is InChI=1S/C53H88O6/c1-4-7-10-13-16-19-22-24-25-26-27-28-29-30-32-34-37-40-43-46-52(55)58-49-50(48-57-51(54)45-42-39-36-33-21-18-15-12-9-6-3)59-53(56)47-44-41-38-35-31-23-20-17-14-11-8-5-2/h7-8,10-11,16-17,19-20,24-25,27-28,30,32,50H,4-6,9,12-15,18,21-23,26,29,31,33-49H2,1-3H3/b10-7-,11-8-,19-16-,20-17-,25-24-,28-27-,32-30-. The van der Waals surface area contributed by atoms with Gasteiger partial charge in [0.25, 0.3) is 0 Å². The quantitative estimate of drug-likeness (QED) is 0.0264. The second-order valence-corrected chi connectivity index (χ2v) is 15.6. The predicted octanol–water partition coefficient (Wildman–Crippen LogP) is 15.6. The average molecular weight is 821 g/mol. The van der Waals surface area contributed by atoms with Crippen LogP contribution < -0.4 is 0 Å². The molecular formula is C53H88O6. The van der Waals surface area contributed by atoms with Gasteiger partial charge in [-0.1, -0.05) is 189 Å². The first kappa shape index (κ1) is 55.6. The monoisotopic (exact) mass is 821 g/mol. The lowest BCUT2D eigenvalue weighted by atomic mass is 10.1. The van der Waals surface area contributed by atoms with Gasteiger partial charge in [0.05, 0.1) is 0 Å². The van der Waals surface area contributed by atoms with E-state index in [4.69, 9.17) is 14.2 Å². The number of carbonyl (C=O) groups excluding carboxylic acids is 3. The molecule has 0 amide bonds. The molecule has 0 aromatic heterocycles. The van der Waals surface area contributed by atoms with Gasteiger partial charge >= 0.3 is 17.9 Å². The van der Waals surface area contributed by atoms with Gasteiger partial charge in [-0.3, -0.25) is 14.4 Å². The highest BCUT2D eigenvalue weighted by atomic mass is 16.6. The summed E-state index contributed by atoms with van der Waals surface area (Å²) in [6.45, 7) is 6.34. The Kier molecular flexibility index (Phi) is 44.5. The van der Waals surface area contributed by atoms with E-state index in [1.807, 2.05) is 0 Å². The van der Waals surface area contributed by atoms with E-state index in [9.17, 15) is 14.4 Å². The smallest absolute Gasteiger partial charge is 0.306 e. The van der Waals surface area contributed by atoms with Gasteiger partial charge in [0.1, 0.15) is 13.2 Å². The van der Waals surface area contributed by atoms with Gasteiger partial charge in [-0.05, 0) is 89.9 Å². The van der Waals surface area contributed by atoms with E-state index < -0.39 is 6.10 Å². The Hall–Kier alpha value is -3.41. The van der Waals surface area contributed by atoms with Crippen LogP contribution in [0.3, 0.4) is 0 Å². The van der Waals surface area contributed by atoms with Crippen LogP contribution >= 0.6 is 0 Å². The molecule has 0 aromatic rings. The predicted molar refractivity (Wildman–Crippen MR) is 251 cm³/mol. The van der Waals surface area contributed by atoms with Gasteiger partial charge in [-0.25, -0.2) is 0 Å². The first-order valence-electron chi connectivity index (χ1n) is 24.1. The average Bonchev–Trinajstić information content (AvgIpc) is 3.23. The Labute approximate surface area is 363 Å². The second-order valence-electron chi connectivity index (χ2n) is 15.6. The summed E-state index contributed by atoms with van der Waals surface area (Å²) in [6.07, 6.45) is 60.0. The van der Waals surface area contributed by atoms with E-state index >= 15 is 0 Å². The van der Waals surface area contributed by atoms with Crippen molar-refractivity contribution < 1.29 is 28.6 Å². The van der Waals surface area contributed by atoms with Gasteiger partial charge in [0.15, 0.2) is 6.10 Å². The fraction of sp³-hybridized carbons (Fsp3) is 0.679. The van der Waals surface area contributed by atoms with E-state index in [1.54, 1.807) is 0 Å². The van der Waals surface area contributed by atoms with Crippen molar-refractivity contribution in [2.75, 3.05) is 13.2 Å². The summed E-state index contributed by atoms with van der Waals surface area (Å²) in [5, 5.41) is 0. The zero-order valence-electron chi connectivity index (χ0n) is 38.2. The van der Waals surface area contributed by atoms with Gasteiger partial charge in [0.2, 0.25) is 0 Å². The summed E-state index contributed by atoms with van der Waals surface area (Å²) in [5.74, 6) is -0.948. The van der Waals surface area contributed by atoms with E-state index in [0.29, 0.717) is 19.3 Å². The molecule has 336 valence electrons. The molecule has 0 heterocycles. The fourth-order valence-electron chi connectivity index (χ4n) is 6.33. The van der Waals surface area contributed by atoms with Crippen molar-refractivity contribution >= 4 is 17.9 Å². The largest absolute Gasteiger partial charge is 0.462 e. The number of hydrogen-bond donors (Lipinski definition) is 0. The zero-order chi connectivity index (χ0) is 43.0. The molecule has 0 aliphatic rings. The molecule has 1 unspecified atom stereocenters. The number of ether oxygens (including phenoxy) is 3. The Morgan fingerprint density at radius 1 is 0.356 bits per heavy atom. The van der Waals surface area contributed by atoms with E-state index in [0.717, 1.165) is 128 Å². The number of carbonyl (C=O) groups is 3. The lowest BCUT2D eigenvalue weighted by Gasteiger charge is -2.18. The molecular weight excluding hydrogens is 733 g/mol. The molecule has 0 bridgehead atoms. The molecule has 1 atom stereocenters. The Morgan fingerprint density at radius 2 is 0.661 bits per heavy atom. The van der Waals surface area contributed by atoms with Crippen molar-refractivity contribution in [3.63, 3.8) is 0 Å². The summed E-state index contributed by atoms with van der Waals surface area (Å²) in [5.41, 5.74) is 0. The summed E-state index contributed by atoms with van der Waals surface area (Å²) in [6, 6.07) is 0. The van der Waals surface area contributed by atoms with Crippen LogP contribution in [0.15, 0.2) is 85.1 Å². The lowest BCUT2D eigenvalue weighted by Crippen LogP contribution is -2.30. The van der Waals surface area contributed by atoms with Crippen LogP contribution in [0.4, 0.5) is 0 Å². The number of unbranched alkanes of at least 4 members (excludes halogenated alkanes) is 17. The van der Waals surface area contributed by atoms with Crippen molar-refractivity contribution in [3.8, 4) is 0 Å². The molecule has 0 N–H and O–H groups in total. The summed E-state index contributed by atoms with van der Waals surface area (Å²) in [7, 11) is 0. The van der Waals surface area contributed by atoms with Crippen LogP contribution in [-0.4, -0.2) is 37.2 Å². The van der Waals surface area contributed by atoms with E-state index in [2.05, 4.69) is 106 Å². The molecule has 0 spiro atoms. The SMILES string of the molecule is CC/C=C\C/C=C\C/C=C\C/C=C\C/C=C\CCCCCC(=O)OCC(COC(=O)CCCCCCCCCCCC)OC(=O)CCCCCCC/C=C\C/C=C\CC. The van der Waals surface area contributed by atoms with Crippen LogP contribution in [0.25, 0.3) is 0 Å². The highest BCUT2D eigenvalue weighted by Crippen LogP contribution is 2.13. The van der Waals surface area contributed by atoms with Crippen molar-refractivity contribution in [2.45, 2.75) is 219 Å². The summed E-state index contributed by atoms with van der Waals surface area (Å²) in [4.78, 5) is 37.8. The van der Waals surface area contributed by atoms with Gasteiger partial charge in [-0.2, -0.15) is 0 Å². The van der Waals surface area contributed by atoms with Crippen LogP contribution in [0.1, 0.15) is 213 Å². The maximum absolute atomic E-state index is 12.7. The molecule has 0 saturated heterocycles. The van der Waals surface area contributed by atoms with Gasteiger partial charge in [0, 0.05) is 19.3 Å². The Bertz CT molecular complexity index is 1170. The third-order valence-corrected chi connectivity index (χ3v) is 9.90. The third-order valence-electron chi connectivity index (χ3n) is 9.90. The maximum atomic E-state index is 12.7. The fourth-order valence-corrected chi connectivity index (χ4v) is 6.33. The van der Waals surface area contributed by atoms with Crippen molar-refractivity contribution in [1.82, 2.24) is 0 Å². The molecule has 0 aromatic carbocycles. The normalized spacial score (nSPS) is 12.8. The van der Waals surface area contributed by atoms with Crippen LogP contribution in [0, 0.1) is 0 Å².